The fourth-order valence-corrected chi connectivity index (χ4v) is 3.79. The maximum Gasteiger partial charge on any atom is 0.246 e. The molecule has 1 saturated carbocycles. The first-order chi connectivity index (χ1) is 8.86. The lowest BCUT2D eigenvalue weighted by atomic mass is 10.3. The van der Waals surface area contributed by atoms with Crippen LogP contribution in [0.15, 0.2) is 21.5 Å². The molecule has 1 aromatic rings. The fraction of sp³-hybridized carbons (Fsp3) is 0.500. The zero-order valence-corrected chi connectivity index (χ0v) is 13.0. The van der Waals surface area contributed by atoms with Gasteiger partial charge >= 0.3 is 0 Å². The van der Waals surface area contributed by atoms with E-state index in [0.29, 0.717) is 23.5 Å². The van der Waals surface area contributed by atoms with Crippen LogP contribution in [0.4, 0.5) is 10.1 Å². The summed E-state index contributed by atoms with van der Waals surface area (Å²) in [7, 11) is -3.82. The van der Waals surface area contributed by atoms with E-state index in [1.807, 2.05) is 0 Å². The van der Waals surface area contributed by atoms with Gasteiger partial charge < -0.3 is 5.73 Å². The average molecular weight is 351 g/mol. The van der Waals surface area contributed by atoms with Crippen LogP contribution in [-0.4, -0.2) is 25.8 Å². The van der Waals surface area contributed by atoms with Crippen LogP contribution in [-0.2, 0) is 10.0 Å². The molecule has 2 rings (SSSR count). The monoisotopic (exact) mass is 350 g/mol. The highest BCUT2D eigenvalue weighted by Gasteiger charge is 2.32. The molecule has 0 radical (unpaired) electrons. The van der Waals surface area contributed by atoms with Crippen molar-refractivity contribution in [3.8, 4) is 0 Å². The SMILES string of the molecule is CCN(CC1CC1)S(=O)(=O)c1cc(N)c(Br)cc1F. The molecule has 0 saturated heterocycles. The summed E-state index contributed by atoms with van der Waals surface area (Å²) in [6, 6.07) is 2.26. The number of anilines is 1. The van der Waals surface area contributed by atoms with E-state index in [0.717, 1.165) is 18.9 Å². The Kier molecular flexibility index (Phi) is 4.17. The molecule has 0 spiro atoms. The standard InChI is InChI=1S/C12H16BrFN2O2S/c1-2-16(7-8-3-4-8)19(17,18)12-6-11(15)9(13)5-10(12)14/h5-6,8H,2-4,7,15H2,1H3. The second-order valence-corrected chi connectivity index (χ2v) is 7.46. The first kappa shape index (κ1) is 14.7. The summed E-state index contributed by atoms with van der Waals surface area (Å²) in [5.74, 6) is -0.374. The number of hydrogen-bond acceptors (Lipinski definition) is 3. The summed E-state index contributed by atoms with van der Waals surface area (Å²) in [4.78, 5) is -0.351. The molecule has 0 bridgehead atoms. The van der Waals surface area contributed by atoms with Gasteiger partial charge in [-0.3, -0.25) is 0 Å². The Labute approximate surface area is 121 Å². The lowest BCUT2D eigenvalue weighted by Gasteiger charge is -2.21. The zero-order valence-electron chi connectivity index (χ0n) is 10.6. The Morgan fingerprint density at radius 3 is 2.63 bits per heavy atom. The zero-order chi connectivity index (χ0) is 14.2. The molecule has 0 aromatic heterocycles. The van der Waals surface area contributed by atoms with Gasteiger partial charge in [-0.1, -0.05) is 6.92 Å². The summed E-state index contributed by atoms with van der Waals surface area (Å²) < 4.78 is 40.4. The summed E-state index contributed by atoms with van der Waals surface area (Å²) >= 11 is 3.08. The summed E-state index contributed by atoms with van der Waals surface area (Å²) in [6.45, 7) is 2.53. The van der Waals surface area contributed by atoms with Gasteiger partial charge in [0.2, 0.25) is 10.0 Å². The number of rotatable bonds is 5. The summed E-state index contributed by atoms with van der Waals surface area (Å²) in [5.41, 5.74) is 5.86. The maximum absolute atomic E-state index is 13.9. The quantitative estimate of drug-likeness (QED) is 0.830. The molecular formula is C12H16BrFN2O2S. The lowest BCUT2D eigenvalue weighted by molar-refractivity contribution is 0.408. The number of halogens is 2. The minimum absolute atomic E-state index is 0.211. The molecule has 106 valence electrons. The van der Waals surface area contributed by atoms with Crippen molar-refractivity contribution >= 4 is 31.6 Å². The van der Waals surface area contributed by atoms with Gasteiger partial charge in [-0.15, -0.1) is 0 Å². The molecule has 7 heteroatoms. The minimum atomic E-state index is -3.82. The summed E-state index contributed by atoms with van der Waals surface area (Å²) in [6.07, 6.45) is 2.08. The Morgan fingerprint density at radius 2 is 2.11 bits per heavy atom. The predicted molar refractivity (Wildman–Crippen MR) is 75.7 cm³/mol. The first-order valence-corrected chi connectivity index (χ1v) is 8.34. The lowest BCUT2D eigenvalue weighted by Crippen LogP contribution is -2.33. The van der Waals surface area contributed by atoms with Gasteiger partial charge in [-0.2, -0.15) is 4.31 Å². The van der Waals surface area contributed by atoms with E-state index in [9.17, 15) is 12.8 Å². The number of sulfonamides is 1. The first-order valence-electron chi connectivity index (χ1n) is 6.11. The highest BCUT2D eigenvalue weighted by molar-refractivity contribution is 9.10. The molecule has 0 unspecified atom stereocenters. The molecule has 0 aliphatic heterocycles. The third-order valence-electron chi connectivity index (χ3n) is 3.18. The molecule has 0 atom stereocenters. The Morgan fingerprint density at radius 1 is 1.47 bits per heavy atom. The van der Waals surface area contributed by atoms with Gasteiger partial charge in [-0.05, 0) is 46.8 Å². The van der Waals surface area contributed by atoms with E-state index in [4.69, 9.17) is 5.73 Å². The van der Waals surface area contributed by atoms with E-state index in [1.165, 1.54) is 10.4 Å². The molecule has 4 nitrogen and oxygen atoms in total. The van der Waals surface area contributed by atoms with Crippen LogP contribution >= 0.6 is 15.9 Å². The maximum atomic E-state index is 13.9. The van der Waals surface area contributed by atoms with E-state index in [2.05, 4.69) is 15.9 Å². The second kappa shape index (κ2) is 5.38. The predicted octanol–water partition coefficient (Wildman–Crippen LogP) is 2.59. The smallest absolute Gasteiger partial charge is 0.246 e. The van der Waals surface area contributed by atoms with Gasteiger partial charge in [0.25, 0.3) is 0 Å². The Bertz CT molecular complexity index is 588. The molecule has 2 N–H and O–H groups in total. The average Bonchev–Trinajstić information content (AvgIpc) is 3.14. The third kappa shape index (κ3) is 3.09. The molecule has 1 aliphatic rings. The molecule has 1 aromatic carbocycles. The highest BCUT2D eigenvalue weighted by atomic mass is 79.9. The van der Waals surface area contributed by atoms with Crippen LogP contribution in [0, 0.1) is 11.7 Å². The Balaban J connectivity index is 2.39. The van der Waals surface area contributed by atoms with Gasteiger partial charge in [-0.25, -0.2) is 12.8 Å². The van der Waals surface area contributed by atoms with Crippen molar-refractivity contribution in [3.63, 3.8) is 0 Å². The second-order valence-electron chi connectivity index (χ2n) is 4.70. The van der Waals surface area contributed by atoms with Crippen LogP contribution in [0.25, 0.3) is 0 Å². The van der Waals surface area contributed by atoms with Crippen LogP contribution < -0.4 is 5.73 Å². The normalized spacial score (nSPS) is 16.0. The van der Waals surface area contributed by atoms with Gasteiger partial charge in [0.15, 0.2) is 0 Å². The van der Waals surface area contributed by atoms with Gasteiger partial charge in [0.1, 0.15) is 10.7 Å². The molecule has 0 heterocycles. The summed E-state index contributed by atoms with van der Waals surface area (Å²) in [5, 5.41) is 0. The van der Waals surface area contributed by atoms with Crippen LogP contribution in [0.2, 0.25) is 0 Å². The molecule has 0 amide bonds. The number of hydrogen-bond donors (Lipinski definition) is 1. The van der Waals surface area contributed by atoms with Crippen molar-refractivity contribution in [3.05, 3.63) is 22.4 Å². The van der Waals surface area contributed by atoms with Crippen molar-refractivity contribution in [2.24, 2.45) is 5.92 Å². The van der Waals surface area contributed by atoms with Crippen molar-refractivity contribution in [1.29, 1.82) is 0 Å². The van der Waals surface area contributed by atoms with Crippen LogP contribution in [0.1, 0.15) is 19.8 Å². The van der Waals surface area contributed by atoms with Crippen molar-refractivity contribution in [2.45, 2.75) is 24.7 Å². The number of nitrogens with two attached hydrogens (primary N) is 1. The van der Waals surface area contributed by atoms with E-state index in [1.54, 1.807) is 6.92 Å². The third-order valence-corrected chi connectivity index (χ3v) is 5.82. The Hall–Kier alpha value is -0.660. The van der Waals surface area contributed by atoms with E-state index >= 15 is 0 Å². The minimum Gasteiger partial charge on any atom is -0.398 e. The fourth-order valence-electron chi connectivity index (χ4n) is 1.87. The number of benzene rings is 1. The molecule has 1 fully saturated rings. The van der Waals surface area contributed by atoms with Crippen molar-refractivity contribution < 1.29 is 12.8 Å². The van der Waals surface area contributed by atoms with Crippen molar-refractivity contribution in [1.82, 2.24) is 4.31 Å². The number of nitrogens with zero attached hydrogens (tertiary/aromatic N) is 1. The van der Waals surface area contributed by atoms with Gasteiger partial charge in [0, 0.05) is 23.2 Å². The highest BCUT2D eigenvalue weighted by Crippen LogP contribution is 2.33. The van der Waals surface area contributed by atoms with Crippen molar-refractivity contribution in [2.75, 3.05) is 18.8 Å². The van der Waals surface area contributed by atoms with E-state index in [-0.39, 0.29) is 10.6 Å². The van der Waals surface area contributed by atoms with E-state index < -0.39 is 15.8 Å². The van der Waals surface area contributed by atoms with Crippen LogP contribution in [0.5, 0.6) is 0 Å². The van der Waals surface area contributed by atoms with Crippen LogP contribution in [0.3, 0.4) is 0 Å². The largest absolute Gasteiger partial charge is 0.398 e. The molecule has 1 aliphatic carbocycles. The molecule has 19 heavy (non-hydrogen) atoms. The molecular weight excluding hydrogens is 335 g/mol. The van der Waals surface area contributed by atoms with Gasteiger partial charge in [0.05, 0.1) is 0 Å². The number of nitrogen functional groups attached to an aromatic ring is 1. The topological polar surface area (TPSA) is 63.4 Å².